The number of hydrogen-bond donors (Lipinski definition) is 1. The molecule has 1 aliphatic carbocycles. The van der Waals surface area contributed by atoms with Gasteiger partial charge in [0.1, 0.15) is 5.54 Å². The summed E-state index contributed by atoms with van der Waals surface area (Å²) in [5.74, 6) is -0.478. The van der Waals surface area contributed by atoms with Crippen molar-refractivity contribution in [3.8, 4) is 11.3 Å². The molecule has 1 saturated heterocycles. The van der Waals surface area contributed by atoms with E-state index in [1.165, 1.54) is 0 Å². The Labute approximate surface area is 187 Å². The number of hydrogen-bond acceptors (Lipinski definition) is 3. The number of para-hydroxylation sites is 1. The molecule has 0 radical (unpaired) electrons. The van der Waals surface area contributed by atoms with Crippen molar-refractivity contribution in [1.29, 1.82) is 0 Å². The number of carbonyl (C=O) groups is 3. The lowest BCUT2D eigenvalue weighted by Crippen LogP contribution is -2.46. The highest BCUT2D eigenvalue weighted by atomic mass is 16.2. The number of carbonyl (C=O) groups excluding carboxylic acids is 3. The number of benzene rings is 2. The van der Waals surface area contributed by atoms with E-state index in [9.17, 15) is 14.4 Å². The average molecular weight is 430 g/mol. The second-order valence-electron chi connectivity index (χ2n) is 8.91. The number of nitrogens with zero attached hydrogens (tertiary/aromatic N) is 2. The van der Waals surface area contributed by atoms with E-state index >= 15 is 0 Å². The van der Waals surface area contributed by atoms with Crippen LogP contribution in [0.25, 0.3) is 22.2 Å². The molecular formula is C26H27N3O3. The minimum atomic E-state index is -0.838. The fourth-order valence-corrected chi connectivity index (χ4v) is 5.32. The van der Waals surface area contributed by atoms with E-state index < -0.39 is 11.6 Å². The Kier molecular flexibility index (Phi) is 5.08. The molecule has 2 aliphatic rings. The summed E-state index contributed by atoms with van der Waals surface area (Å²) in [6, 6.07) is 17.1. The number of amides is 3. The topological polar surface area (TPSA) is 71.4 Å². The monoisotopic (exact) mass is 429 g/mol. The van der Waals surface area contributed by atoms with Crippen molar-refractivity contribution >= 4 is 28.6 Å². The minimum Gasteiger partial charge on any atom is -0.343 e. The molecule has 6 heteroatoms. The SMILES string of the molecule is Cn1c(-c2ccccc2)c(C(=O)CN2C(=O)NC3(CCCCCC3)C2=O)c2ccccc21. The lowest BCUT2D eigenvalue weighted by molar-refractivity contribution is -0.131. The maximum Gasteiger partial charge on any atom is 0.325 e. The first-order valence-electron chi connectivity index (χ1n) is 11.3. The molecule has 2 aromatic carbocycles. The molecule has 1 spiro atoms. The third-order valence-electron chi connectivity index (χ3n) is 6.94. The van der Waals surface area contributed by atoms with Gasteiger partial charge in [-0.1, -0.05) is 74.2 Å². The van der Waals surface area contributed by atoms with Crippen LogP contribution in [-0.2, 0) is 11.8 Å². The Bertz CT molecular complexity index is 1200. The zero-order valence-electron chi connectivity index (χ0n) is 18.3. The van der Waals surface area contributed by atoms with Crippen LogP contribution in [0.4, 0.5) is 4.79 Å². The number of urea groups is 1. The van der Waals surface area contributed by atoms with Gasteiger partial charge in [-0.15, -0.1) is 0 Å². The minimum absolute atomic E-state index is 0.227. The summed E-state index contributed by atoms with van der Waals surface area (Å²) < 4.78 is 2.01. The normalized spacial score (nSPS) is 18.2. The zero-order chi connectivity index (χ0) is 22.3. The van der Waals surface area contributed by atoms with Crippen molar-refractivity contribution in [3.05, 3.63) is 60.2 Å². The molecule has 1 N–H and O–H groups in total. The number of rotatable bonds is 4. The fraction of sp³-hybridized carbons (Fsp3) is 0.346. The summed E-state index contributed by atoms with van der Waals surface area (Å²) in [4.78, 5) is 40.9. The predicted octanol–water partition coefficient (Wildman–Crippen LogP) is 4.67. The van der Waals surface area contributed by atoms with Crippen molar-refractivity contribution in [2.24, 2.45) is 7.05 Å². The average Bonchev–Trinajstić information content (AvgIpc) is 3.08. The smallest absolute Gasteiger partial charge is 0.325 e. The zero-order valence-corrected chi connectivity index (χ0v) is 18.3. The Morgan fingerprint density at radius 2 is 1.59 bits per heavy atom. The van der Waals surface area contributed by atoms with Gasteiger partial charge in [-0.25, -0.2) is 4.79 Å². The van der Waals surface area contributed by atoms with Crippen LogP contribution in [0.1, 0.15) is 48.9 Å². The number of aryl methyl sites for hydroxylation is 1. The van der Waals surface area contributed by atoms with Gasteiger partial charge in [0.15, 0.2) is 5.78 Å². The number of nitrogens with one attached hydrogen (secondary N) is 1. The molecule has 3 amide bonds. The van der Waals surface area contributed by atoms with E-state index in [0.29, 0.717) is 18.4 Å². The summed E-state index contributed by atoms with van der Waals surface area (Å²) in [7, 11) is 1.94. The van der Waals surface area contributed by atoms with Gasteiger partial charge in [0.2, 0.25) is 0 Å². The second-order valence-corrected chi connectivity index (χ2v) is 8.91. The van der Waals surface area contributed by atoms with E-state index in [2.05, 4.69) is 5.32 Å². The van der Waals surface area contributed by atoms with Crippen LogP contribution < -0.4 is 5.32 Å². The molecule has 5 rings (SSSR count). The largest absolute Gasteiger partial charge is 0.343 e. The van der Waals surface area contributed by atoms with Crippen molar-refractivity contribution in [2.75, 3.05) is 6.54 Å². The van der Waals surface area contributed by atoms with E-state index in [1.807, 2.05) is 66.2 Å². The summed E-state index contributed by atoms with van der Waals surface area (Å²) in [6.07, 6.45) is 5.25. The van der Waals surface area contributed by atoms with Crippen LogP contribution in [0.5, 0.6) is 0 Å². The van der Waals surface area contributed by atoms with Crippen LogP contribution in [0.2, 0.25) is 0 Å². The second kappa shape index (κ2) is 7.93. The van der Waals surface area contributed by atoms with E-state index in [1.54, 1.807) is 0 Å². The van der Waals surface area contributed by atoms with Crippen molar-refractivity contribution in [1.82, 2.24) is 14.8 Å². The van der Waals surface area contributed by atoms with Gasteiger partial charge in [-0.2, -0.15) is 0 Å². The Morgan fingerprint density at radius 1 is 0.938 bits per heavy atom. The van der Waals surface area contributed by atoms with Gasteiger partial charge in [0, 0.05) is 18.0 Å². The molecule has 2 heterocycles. The Morgan fingerprint density at radius 3 is 2.31 bits per heavy atom. The molecule has 1 saturated carbocycles. The number of fused-ring (bicyclic) bond motifs is 1. The molecule has 3 aromatic rings. The Balaban J connectivity index is 1.53. The molecule has 0 atom stereocenters. The van der Waals surface area contributed by atoms with Gasteiger partial charge in [0.25, 0.3) is 5.91 Å². The van der Waals surface area contributed by atoms with Gasteiger partial charge in [-0.05, 0) is 24.5 Å². The first-order valence-corrected chi connectivity index (χ1v) is 11.3. The third kappa shape index (κ3) is 3.22. The summed E-state index contributed by atoms with van der Waals surface area (Å²) >= 11 is 0. The van der Waals surface area contributed by atoms with Crippen molar-refractivity contribution < 1.29 is 14.4 Å². The van der Waals surface area contributed by atoms with E-state index in [-0.39, 0.29) is 18.2 Å². The van der Waals surface area contributed by atoms with Crippen LogP contribution in [0.15, 0.2) is 54.6 Å². The van der Waals surface area contributed by atoms with Crippen LogP contribution in [-0.4, -0.2) is 39.3 Å². The van der Waals surface area contributed by atoms with Crippen LogP contribution in [0, 0.1) is 0 Å². The van der Waals surface area contributed by atoms with E-state index in [0.717, 1.165) is 52.7 Å². The lowest BCUT2D eigenvalue weighted by atomic mass is 9.90. The van der Waals surface area contributed by atoms with E-state index in [4.69, 9.17) is 0 Å². The molecular weight excluding hydrogens is 402 g/mol. The first kappa shape index (κ1) is 20.5. The van der Waals surface area contributed by atoms with Gasteiger partial charge < -0.3 is 9.88 Å². The molecule has 2 fully saturated rings. The highest BCUT2D eigenvalue weighted by Crippen LogP contribution is 2.35. The maximum atomic E-state index is 13.7. The molecule has 0 bridgehead atoms. The number of imide groups is 1. The predicted molar refractivity (Wildman–Crippen MR) is 123 cm³/mol. The molecule has 1 aliphatic heterocycles. The summed E-state index contributed by atoms with van der Waals surface area (Å²) in [5, 5.41) is 3.76. The lowest BCUT2D eigenvalue weighted by Gasteiger charge is -2.24. The Hall–Kier alpha value is -3.41. The fourth-order valence-electron chi connectivity index (χ4n) is 5.32. The molecule has 6 nitrogen and oxygen atoms in total. The van der Waals surface area contributed by atoms with Gasteiger partial charge in [0.05, 0.1) is 17.8 Å². The summed E-state index contributed by atoms with van der Waals surface area (Å²) in [6.45, 7) is -0.250. The molecule has 1 aromatic heterocycles. The third-order valence-corrected chi connectivity index (χ3v) is 6.94. The van der Waals surface area contributed by atoms with Crippen LogP contribution in [0.3, 0.4) is 0 Å². The number of aromatic nitrogens is 1. The first-order chi connectivity index (χ1) is 15.5. The molecule has 32 heavy (non-hydrogen) atoms. The van der Waals surface area contributed by atoms with Crippen LogP contribution >= 0.6 is 0 Å². The molecule has 164 valence electrons. The highest BCUT2D eigenvalue weighted by Gasteiger charge is 2.51. The standard InChI is InChI=1S/C26H27N3O3/c1-28-20-14-8-7-13-19(20)22(23(28)18-11-5-4-6-12-18)21(30)17-29-24(31)26(27-25(29)32)15-9-2-3-10-16-26/h4-8,11-14H,2-3,9-10,15-17H2,1H3,(H,27,32). The number of ketones is 1. The quantitative estimate of drug-likeness (QED) is 0.484. The molecule has 0 unspecified atom stereocenters. The number of Topliss-reactive ketones (excluding diaryl/α,β-unsaturated/α-hetero) is 1. The van der Waals surface area contributed by atoms with Gasteiger partial charge >= 0.3 is 6.03 Å². The highest BCUT2D eigenvalue weighted by molar-refractivity contribution is 6.17. The van der Waals surface area contributed by atoms with Crippen molar-refractivity contribution in [3.63, 3.8) is 0 Å². The van der Waals surface area contributed by atoms with Gasteiger partial charge in [-0.3, -0.25) is 14.5 Å². The summed E-state index contributed by atoms with van der Waals surface area (Å²) in [5.41, 5.74) is 2.37. The maximum absolute atomic E-state index is 13.7. The van der Waals surface area contributed by atoms with Crippen molar-refractivity contribution in [2.45, 2.75) is 44.1 Å².